The summed E-state index contributed by atoms with van der Waals surface area (Å²) in [7, 11) is 1.72. The van der Waals surface area contributed by atoms with Crippen molar-refractivity contribution in [3.05, 3.63) is 27.1 Å². The Kier molecular flexibility index (Phi) is 4.80. The molecule has 1 aliphatic carbocycles. The molecule has 126 valence electrons. The number of carbonyl (C=O) groups is 1. The smallest absolute Gasteiger partial charge is 0.254 e. The molecule has 2 fully saturated rings. The van der Waals surface area contributed by atoms with Crippen LogP contribution in [0.4, 0.5) is 0 Å². The molecule has 5 nitrogen and oxygen atoms in total. The van der Waals surface area contributed by atoms with Gasteiger partial charge in [0, 0.05) is 37.8 Å². The normalized spacial score (nSPS) is 28.2. The van der Waals surface area contributed by atoms with E-state index >= 15 is 0 Å². The quantitative estimate of drug-likeness (QED) is 0.807. The van der Waals surface area contributed by atoms with Crippen LogP contribution in [0, 0.1) is 0 Å². The fraction of sp³-hybridized carbons (Fsp3) is 0.647. The van der Waals surface area contributed by atoms with Gasteiger partial charge >= 0.3 is 0 Å². The van der Waals surface area contributed by atoms with Gasteiger partial charge in [-0.1, -0.05) is 0 Å². The summed E-state index contributed by atoms with van der Waals surface area (Å²) in [4.78, 5) is 25.9. The largest absolute Gasteiger partial charge is 0.489 e. The average molecular weight is 383 g/mol. The summed E-state index contributed by atoms with van der Waals surface area (Å²) in [5, 5.41) is 0. The summed E-state index contributed by atoms with van der Waals surface area (Å²) in [5.41, 5.74) is -0.0756. The molecule has 1 atom stereocenters. The molecular weight excluding hydrogens is 360 g/mol. The molecule has 1 saturated heterocycles. The number of pyridine rings is 1. The summed E-state index contributed by atoms with van der Waals surface area (Å²) in [6.45, 7) is 2.14. The molecule has 3 rings (SSSR count). The Morgan fingerprint density at radius 3 is 2.48 bits per heavy atom. The fourth-order valence-electron chi connectivity index (χ4n) is 3.70. The highest BCUT2D eigenvalue weighted by Gasteiger charge is 2.36. The van der Waals surface area contributed by atoms with Gasteiger partial charge < -0.3 is 14.2 Å². The van der Waals surface area contributed by atoms with Crippen molar-refractivity contribution < 1.29 is 9.53 Å². The Hall–Kier alpha value is -1.30. The van der Waals surface area contributed by atoms with Crippen molar-refractivity contribution in [2.75, 3.05) is 0 Å². The van der Waals surface area contributed by atoms with Gasteiger partial charge in [0.2, 0.25) is 5.91 Å². The number of aromatic nitrogens is 1. The summed E-state index contributed by atoms with van der Waals surface area (Å²) in [6, 6.07) is 2.26. The van der Waals surface area contributed by atoms with Gasteiger partial charge in [0.05, 0.1) is 10.6 Å². The summed E-state index contributed by atoms with van der Waals surface area (Å²) >= 11 is 3.45. The van der Waals surface area contributed by atoms with Gasteiger partial charge in [0.1, 0.15) is 5.75 Å². The van der Waals surface area contributed by atoms with Crippen LogP contribution in [0.2, 0.25) is 0 Å². The van der Waals surface area contributed by atoms with E-state index in [1.807, 2.05) is 0 Å². The van der Waals surface area contributed by atoms with E-state index in [-0.39, 0.29) is 11.7 Å². The first-order valence-corrected chi connectivity index (χ1v) is 9.09. The SMILES string of the molecule is CC1CCC(=O)N1C1CCC(Oc2cc(=O)n(C)cc2Br)CC1. The minimum absolute atomic E-state index is 0.0756. The molecule has 1 amide bonds. The maximum absolute atomic E-state index is 12.0. The zero-order valence-electron chi connectivity index (χ0n) is 13.6. The molecule has 1 unspecified atom stereocenters. The van der Waals surface area contributed by atoms with Crippen molar-refractivity contribution in [3.8, 4) is 5.75 Å². The van der Waals surface area contributed by atoms with Gasteiger partial charge in [-0.25, -0.2) is 0 Å². The molecule has 0 bridgehead atoms. The molecule has 0 aromatic carbocycles. The van der Waals surface area contributed by atoms with E-state index in [0.717, 1.165) is 36.6 Å². The number of aryl methyl sites for hydroxylation is 1. The highest BCUT2D eigenvalue weighted by Crippen LogP contribution is 2.32. The van der Waals surface area contributed by atoms with Crippen LogP contribution in [0.5, 0.6) is 5.75 Å². The zero-order valence-corrected chi connectivity index (χ0v) is 15.2. The molecule has 1 saturated carbocycles. The Morgan fingerprint density at radius 1 is 1.17 bits per heavy atom. The van der Waals surface area contributed by atoms with Crippen LogP contribution in [0.1, 0.15) is 45.4 Å². The van der Waals surface area contributed by atoms with Crippen molar-refractivity contribution in [2.45, 2.75) is 63.6 Å². The maximum atomic E-state index is 12.0. The zero-order chi connectivity index (χ0) is 16.6. The molecule has 1 aromatic rings. The highest BCUT2D eigenvalue weighted by atomic mass is 79.9. The Labute approximate surface area is 144 Å². The molecule has 23 heavy (non-hydrogen) atoms. The molecule has 0 radical (unpaired) electrons. The Balaban J connectivity index is 1.60. The first kappa shape index (κ1) is 16.6. The number of hydrogen-bond acceptors (Lipinski definition) is 3. The molecule has 2 aliphatic rings. The van der Waals surface area contributed by atoms with E-state index < -0.39 is 0 Å². The van der Waals surface area contributed by atoms with E-state index in [4.69, 9.17) is 4.74 Å². The third-order valence-electron chi connectivity index (χ3n) is 5.01. The van der Waals surface area contributed by atoms with Gasteiger partial charge in [0.25, 0.3) is 5.56 Å². The number of carbonyl (C=O) groups excluding carboxylic acids is 1. The van der Waals surface area contributed by atoms with Gasteiger partial charge in [-0.05, 0) is 55.0 Å². The van der Waals surface area contributed by atoms with Crippen molar-refractivity contribution in [3.63, 3.8) is 0 Å². The van der Waals surface area contributed by atoms with Crippen LogP contribution in [-0.2, 0) is 11.8 Å². The number of likely N-dealkylation sites (tertiary alicyclic amines) is 1. The second kappa shape index (κ2) is 6.67. The molecule has 0 spiro atoms. The first-order valence-electron chi connectivity index (χ1n) is 8.29. The minimum Gasteiger partial charge on any atom is -0.489 e. The molecule has 1 aromatic heterocycles. The number of amides is 1. The minimum atomic E-state index is -0.0756. The average Bonchev–Trinajstić information content (AvgIpc) is 2.85. The summed E-state index contributed by atoms with van der Waals surface area (Å²) in [5.74, 6) is 0.915. The summed E-state index contributed by atoms with van der Waals surface area (Å²) in [6.07, 6.45) is 7.31. The number of hydrogen-bond donors (Lipinski definition) is 0. The number of halogens is 1. The highest BCUT2D eigenvalue weighted by molar-refractivity contribution is 9.10. The van der Waals surface area contributed by atoms with E-state index in [1.165, 1.54) is 10.6 Å². The van der Waals surface area contributed by atoms with E-state index in [1.54, 1.807) is 13.2 Å². The molecule has 2 heterocycles. The van der Waals surface area contributed by atoms with Crippen molar-refractivity contribution in [1.29, 1.82) is 0 Å². The van der Waals surface area contributed by atoms with Crippen LogP contribution in [0.25, 0.3) is 0 Å². The first-order chi connectivity index (χ1) is 11.0. The third-order valence-corrected chi connectivity index (χ3v) is 5.61. The molecule has 0 N–H and O–H groups in total. The van der Waals surface area contributed by atoms with Crippen LogP contribution in [0.15, 0.2) is 21.5 Å². The van der Waals surface area contributed by atoms with Gasteiger partial charge in [0.15, 0.2) is 0 Å². The lowest BCUT2D eigenvalue weighted by Gasteiger charge is -2.37. The molecule has 1 aliphatic heterocycles. The van der Waals surface area contributed by atoms with E-state index in [0.29, 0.717) is 30.2 Å². The summed E-state index contributed by atoms with van der Waals surface area (Å²) < 4.78 is 8.34. The number of rotatable bonds is 3. The lowest BCUT2D eigenvalue weighted by molar-refractivity contribution is -0.132. The lowest BCUT2D eigenvalue weighted by Crippen LogP contribution is -2.44. The fourth-order valence-corrected chi connectivity index (χ4v) is 4.22. The number of nitrogens with zero attached hydrogens (tertiary/aromatic N) is 2. The third kappa shape index (κ3) is 3.47. The standard InChI is InChI=1S/C17H23BrN2O3/c1-11-3-8-16(21)20(11)12-4-6-13(7-5-12)23-15-9-17(22)19(2)10-14(15)18/h9-13H,3-8H2,1-2H3. The molecule has 6 heteroatoms. The Morgan fingerprint density at radius 2 is 1.87 bits per heavy atom. The van der Waals surface area contributed by atoms with Crippen LogP contribution >= 0.6 is 15.9 Å². The van der Waals surface area contributed by atoms with Crippen molar-refractivity contribution >= 4 is 21.8 Å². The van der Waals surface area contributed by atoms with Crippen LogP contribution in [-0.4, -0.2) is 33.6 Å². The Bertz CT molecular complexity index is 650. The number of ether oxygens (including phenoxy) is 1. The van der Waals surface area contributed by atoms with Gasteiger partial charge in [-0.3, -0.25) is 9.59 Å². The monoisotopic (exact) mass is 382 g/mol. The van der Waals surface area contributed by atoms with E-state index in [9.17, 15) is 9.59 Å². The van der Waals surface area contributed by atoms with E-state index in [2.05, 4.69) is 27.8 Å². The molecular formula is C17H23BrN2O3. The van der Waals surface area contributed by atoms with Crippen molar-refractivity contribution in [2.24, 2.45) is 7.05 Å². The van der Waals surface area contributed by atoms with Gasteiger partial charge in [-0.2, -0.15) is 0 Å². The van der Waals surface area contributed by atoms with Crippen molar-refractivity contribution in [1.82, 2.24) is 9.47 Å². The van der Waals surface area contributed by atoms with Crippen LogP contribution < -0.4 is 10.3 Å². The predicted molar refractivity (Wildman–Crippen MR) is 91.6 cm³/mol. The maximum Gasteiger partial charge on any atom is 0.254 e. The lowest BCUT2D eigenvalue weighted by atomic mass is 9.91. The second-order valence-corrected chi connectivity index (χ2v) is 7.53. The second-order valence-electron chi connectivity index (χ2n) is 6.67. The topological polar surface area (TPSA) is 51.5 Å². The van der Waals surface area contributed by atoms with Crippen LogP contribution in [0.3, 0.4) is 0 Å². The van der Waals surface area contributed by atoms with Gasteiger partial charge in [-0.15, -0.1) is 0 Å². The predicted octanol–water partition coefficient (Wildman–Crippen LogP) is 2.85.